The lowest BCUT2D eigenvalue weighted by atomic mass is 9.98. The van der Waals surface area contributed by atoms with Gasteiger partial charge in [-0.2, -0.15) is 0 Å². The molecule has 2 rings (SSSR count). The molecular weight excluding hydrogens is 262 g/mol. The molecule has 0 heterocycles. The first-order valence-electron chi connectivity index (χ1n) is 6.22. The predicted octanol–water partition coefficient (Wildman–Crippen LogP) is 3.67. The molecule has 2 nitrogen and oxygen atoms in total. The highest BCUT2D eigenvalue weighted by atomic mass is 19.2. The summed E-state index contributed by atoms with van der Waals surface area (Å²) in [5.41, 5.74) is 1.48. The molecule has 2 aromatic rings. The smallest absolute Gasteiger partial charge is 0.165 e. The zero-order chi connectivity index (χ0) is 14.9. The van der Waals surface area contributed by atoms with E-state index in [0.29, 0.717) is 11.3 Å². The molecule has 0 saturated carbocycles. The highest BCUT2D eigenvalue weighted by molar-refractivity contribution is 5.41. The van der Waals surface area contributed by atoms with Gasteiger partial charge in [0.2, 0.25) is 0 Å². The van der Waals surface area contributed by atoms with Gasteiger partial charge < -0.3 is 9.84 Å². The van der Waals surface area contributed by atoms with Crippen LogP contribution in [0.25, 0.3) is 0 Å². The molecule has 0 fully saturated rings. The third kappa shape index (κ3) is 2.51. The molecule has 106 valence electrons. The van der Waals surface area contributed by atoms with Gasteiger partial charge in [0.25, 0.3) is 0 Å². The van der Waals surface area contributed by atoms with Crippen LogP contribution in [0.3, 0.4) is 0 Å². The summed E-state index contributed by atoms with van der Waals surface area (Å²) in [6.45, 7) is 3.34. The number of hydrogen-bond acceptors (Lipinski definition) is 2. The average Bonchev–Trinajstić information content (AvgIpc) is 2.45. The molecule has 2 aromatic carbocycles. The first kappa shape index (κ1) is 14.5. The van der Waals surface area contributed by atoms with E-state index < -0.39 is 17.7 Å². The number of halogens is 2. The molecule has 0 aliphatic carbocycles. The summed E-state index contributed by atoms with van der Waals surface area (Å²) in [5.74, 6) is -1.35. The Balaban J connectivity index is 2.46. The third-order valence-electron chi connectivity index (χ3n) is 3.35. The van der Waals surface area contributed by atoms with Gasteiger partial charge in [-0.05, 0) is 36.6 Å². The second kappa shape index (κ2) is 5.59. The van der Waals surface area contributed by atoms with E-state index in [0.717, 1.165) is 5.56 Å². The number of ether oxygens (including phenoxy) is 1. The van der Waals surface area contributed by atoms with Crippen molar-refractivity contribution in [1.82, 2.24) is 0 Å². The summed E-state index contributed by atoms with van der Waals surface area (Å²) in [6.07, 6.45) is -1.24. The lowest BCUT2D eigenvalue weighted by Crippen LogP contribution is -2.06. The van der Waals surface area contributed by atoms with Crippen LogP contribution in [0.4, 0.5) is 8.78 Å². The van der Waals surface area contributed by atoms with E-state index in [1.54, 1.807) is 18.2 Å². The maximum absolute atomic E-state index is 13.9. The van der Waals surface area contributed by atoms with Crippen LogP contribution in [0.2, 0.25) is 0 Å². The van der Waals surface area contributed by atoms with E-state index in [4.69, 9.17) is 4.74 Å². The predicted molar refractivity (Wildman–Crippen MR) is 72.9 cm³/mol. The molecule has 0 aromatic heterocycles. The minimum Gasteiger partial charge on any atom is -0.496 e. The quantitative estimate of drug-likeness (QED) is 0.928. The Hall–Kier alpha value is -1.94. The van der Waals surface area contributed by atoms with Gasteiger partial charge in [0.1, 0.15) is 11.9 Å². The first-order valence-corrected chi connectivity index (χ1v) is 6.22. The number of aliphatic hydroxyl groups is 1. The van der Waals surface area contributed by atoms with E-state index in [1.165, 1.54) is 26.2 Å². The molecule has 1 atom stereocenters. The molecule has 4 heteroatoms. The molecule has 0 saturated heterocycles. The van der Waals surface area contributed by atoms with Crippen molar-refractivity contribution in [1.29, 1.82) is 0 Å². The normalized spacial score (nSPS) is 12.3. The van der Waals surface area contributed by atoms with Gasteiger partial charge in [-0.3, -0.25) is 0 Å². The fourth-order valence-corrected chi connectivity index (χ4v) is 2.06. The number of methoxy groups -OCH3 is 1. The Bertz CT molecular complexity index is 639. The summed E-state index contributed by atoms with van der Waals surface area (Å²) in [6, 6.07) is 7.89. The largest absolute Gasteiger partial charge is 0.496 e. The molecule has 1 unspecified atom stereocenters. The van der Waals surface area contributed by atoms with Gasteiger partial charge in [-0.15, -0.1) is 0 Å². The van der Waals surface area contributed by atoms with Crippen LogP contribution in [0.5, 0.6) is 5.75 Å². The third-order valence-corrected chi connectivity index (χ3v) is 3.35. The van der Waals surface area contributed by atoms with Crippen LogP contribution in [-0.2, 0) is 0 Å². The van der Waals surface area contributed by atoms with Crippen LogP contribution < -0.4 is 4.74 Å². The zero-order valence-corrected chi connectivity index (χ0v) is 11.6. The number of aliphatic hydroxyl groups excluding tert-OH is 1. The topological polar surface area (TPSA) is 29.5 Å². The Morgan fingerprint density at radius 3 is 2.30 bits per heavy atom. The van der Waals surface area contributed by atoms with Gasteiger partial charge in [0, 0.05) is 5.56 Å². The van der Waals surface area contributed by atoms with E-state index >= 15 is 0 Å². The second-order valence-corrected chi connectivity index (χ2v) is 4.73. The molecule has 1 N–H and O–H groups in total. The Morgan fingerprint density at radius 1 is 1.00 bits per heavy atom. The lowest BCUT2D eigenvalue weighted by Gasteiger charge is -2.15. The Labute approximate surface area is 116 Å². The highest BCUT2D eigenvalue weighted by Crippen LogP contribution is 2.30. The van der Waals surface area contributed by atoms with Crippen molar-refractivity contribution in [2.24, 2.45) is 0 Å². The van der Waals surface area contributed by atoms with Gasteiger partial charge in [0.05, 0.1) is 7.11 Å². The minimum atomic E-state index is -1.24. The van der Waals surface area contributed by atoms with Crippen molar-refractivity contribution in [2.45, 2.75) is 20.0 Å². The summed E-state index contributed by atoms with van der Waals surface area (Å²) >= 11 is 0. The van der Waals surface area contributed by atoms with E-state index in [1.807, 2.05) is 6.92 Å². The van der Waals surface area contributed by atoms with Gasteiger partial charge in [0.15, 0.2) is 11.6 Å². The van der Waals surface area contributed by atoms with Crippen LogP contribution in [-0.4, -0.2) is 12.2 Å². The van der Waals surface area contributed by atoms with E-state index in [-0.39, 0.29) is 11.1 Å². The molecule has 0 bridgehead atoms. The molecule has 0 radical (unpaired) electrons. The van der Waals surface area contributed by atoms with Crippen molar-refractivity contribution < 1.29 is 18.6 Å². The molecule has 0 amide bonds. The van der Waals surface area contributed by atoms with E-state index in [9.17, 15) is 13.9 Å². The van der Waals surface area contributed by atoms with Crippen molar-refractivity contribution in [2.75, 3.05) is 7.11 Å². The van der Waals surface area contributed by atoms with E-state index in [2.05, 4.69) is 0 Å². The van der Waals surface area contributed by atoms with Crippen molar-refractivity contribution in [3.8, 4) is 5.75 Å². The molecule has 0 aliphatic rings. The second-order valence-electron chi connectivity index (χ2n) is 4.73. The zero-order valence-electron chi connectivity index (χ0n) is 11.6. The maximum atomic E-state index is 13.9. The summed E-state index contributed by atoms with van der Waals surface area (Å²) in [7, 11) is 1.52. The summed E-state index contributed by atoms with van der Waals surface area (Å²) in [4.78, 5) is 0. The lowest BCUT2D eigenvalue weighted by molar-refractivity contribution is 0.212. The van der Waals surface area contributed by atoms with Crippen LogP contribution >= 0.6 is 0 Å². The molecule has 20 heavy (non-hydrogen) atoms. The van der Waals surface area contributed by atoms with Gasteiger partial charge in [-0.25, -0.2) is 8.78 Å². The van der Waals surface area contributed by atoms with Crippen molar-refractivity contribution in [3.05, 3.63) is 64.2 Å². The molecule has 0 spiro atoms. The minimum absolute atomic E-state index is 0.0843. The SMILES string of the molecule is COc1cc(C(O)c2ccc(C)c(F)c2F)ccc1C. The summed E-state index contributed by atoms with van der Waals surface area (Å²) in [5, 5.41) is 10.2. The van der Waals surface area contributed by atoms with Crippen molar-refractivity contribution in [3.63, 3.8) is 0 Å². The highest BCUT2D eigenvalue weighted by Gasteiger charge is 2.19. The first-order chi connectivity index (χ1) is 9.45. The fraction of sp³-hybridized carbons (Fsp3) is 0.250. The molecule has 0 aliphatic heterocycles. The van der Waals surface area contributed by atoms with Crippen LogP contribution in [0.15, 0.2) is 30.3 Å². The Morgan fingerprint density at radius 2 is 1.65 bits per heavy atom. The van der Waals surface area contributed by atoms with Gasteiger partial charge >= 0.3 is 0 Å². The van der Waals surface area contributed by atoms with Gasteiger partial charge in [-0.1, -0.05) is 24.3 Å². The number of benzene rings is 2. The average molecular weight is 278 g/mol. The number of aryl methyl sites for hydroxylation is 2. The Kier molecular flexibility index (Phi) is 4.04. The fourth-order valence-electron chi connectivity index (χ4n) is 2.06. The monoisotopic (exact) mass is 278 g/mol. The standard InChI is InChI=1S/C16H16F2O2/c1-9-4-6-11(8-13(9)20-3)16(19)12-7-5-10(2)14(17)15(12)18/h4-8,16,19H,1-3H3. The number of hydrogen-bond donors (Lipinski definition) is 1. The molecular formula is C16H16F2O2. The van der Waals surface area contributed by atoms with Crippen LogP contribution in [0.1, 0.15) is 28.4 Å². The van der Waals surface area contributed by atoms with Crippen molar-refractivity contribution >= 4 is 0 Å². The summed E-state index contributed by atoms with van der Waals surface area (Å²) < 4.78 is 32.6. The number of rotatable bonds is 3. The van der Waals surface area contributed by atoms with Crippen LogP contribution in [0, 0.1) is 25.5 Å². The maximum Gasteiger partial charge on any atom is 0.165 e.